The summed E-state index contributed by atoms with van der Waals surface area (Å²) in [4.78, 5) is 35.0. The standard InChI is InChI=1S/C53H102NO8P/c1-3-5-7-9-11-13-15-17-19-20-21-22-23-24-25-26-27-28-29-30-31-32-34-35-37-39-41-43-45-52(55)59-49-51(50-61-63(57,58)60-48-47-54)62-53(56)46-44-42-40-38-36-33-18-16-14-12-10-8-6-4-2/h10,12,16,18,51H,3-9,11,13-15,17,19-50,54H2,1-2H3,(H,57,58)/b12-10-,18-16-. The van der Waals surface area contributed by atoms with Crippen molar-refractivity contribution >= 4 is 19.8 Å². The van der Waals surface area contributed by atoms with Crippen molar-refractivity contribution in [2.24, 2.45) is 5.73 Å². The van der Waals surface area contributed by atoms with Crippen LogP contribution >= 0.6 is 7.82 Å². The Morgan fingerprint density at radius 3 is 1.25 bits per heavy atom. The van der Waals surface area contributed by atoms with Gasteiger partial charge in [-0.25, -0.2) is 4.57 Å². The number of unbranched alkanes of at least 4 members (excludes halogenated alkanes) is 34. The van der Waals surface area contributed by atoms with Gasteiger partial charge in [-0.05, 0) is 38.5 Å². The summed E-state index contributed by atoms with van der Waals surface area (Å²) < 4.78 is 32.9. The van der Waals surface area contributed by atoms with Crippen molar-refractivity contribution in [2.75, 3.05) is 26.4 Å². The predicted octanol–water partition coefficient (Wildman–Crippen LogP) is 16.3. The smallest absolute Gasteiger partial charge is 0.462 e. The van der Waals surface area contributed by atoms with Gasteiger partial charge in [0.05, 0.1) is 13.2 Å². The lowest BCUT2D eigenvalue weighted by Gasteiger charge is -2.19. The quantitative estimate of drug-likeness (QED) is 0.0265. The average molecular weight is 912 g/mol. The summed E-state index contributed by atoms with van der Waals surface area (Å²) in [6.45, 7) is 3.72. The molecule has 372 valence electrons. The summed E-state index contributed by atoms with van der Waals surface area (Å²) in [6, 6.07) is 0. The molecule has 0 saturated carbocycles. The molecule has 0 rings (SSSR count). The first-order valence-corrected chi connectivity index (χ1v) is 28.3. The second kappa shape index (κ2) is 49.9. The van der Waals surface area contributed by atoms with Gasteiger partial charge in [0.1, 0.15) is 6.61 Å². The molecule has 2 atom stereocenters. The SMILES string of the molecule is CCCC/C=C\C/C=C\CCCCCCCC(=O)OC(COC(=O)CCCCCCCCCCCCCCCCCCCCCCCCCCCCCC)COP(=O)(O)OCCN. The number of hydrogen-bond acceptors (Lipinski definition) is 8. The molecule has 0 aromatic rings. The Hall–Kier alpha value is -1.51. The highest BCUT2D eigenvalue weighted by atomic mass is 31.2. The lowest BCUT2D eigenvalue weighted by Crippen LogP contribution is -2.29. The summed E-state index contributed by atoms with van der Waals surface area (Å²) in [7, 11) is -4.38. The molecule has 0 fully saturated rings. The number of esters is 2. The van der Waals surface area contributed by atoms with Crippen LogP contribution in [0, 0.1) is 0 Å². The summed E-state index contributed by atoms with van der Waals surface area (Å²) >= 11 is 0. The molecule has 0 saturated heterocycles. The second-order valence-electron chi connectivity index (χ2n) is 18.1. The van der Waals surface area contributed by atoms with Crippen molar-refractivity contribution in [3.8, 4) is 0 Å². The Kier molecular flexibility index (Phi) is 48.7. The Morgan fingerprint density at radius 1 is 0.476 bits per heavy atom. The van der Waals surface area contributed by atoms with E-state index < -0.39 is 26.5 Å². The van der Waals surface area contributed by atoms with E-state index in [-0.39, 0.29) is 38.6 Å². The highest BCUT2D eigenvalue weighted by Crippen LogP contribution is 2.43. The van der Waals surface area contributed by atoms with Gasteiger partial charge >= 0.3 is 19.8 Å². The second-order valence-corrected chi connectivity index (χ2v) is 19.6. The maximum atomic E-state index is 12.6. The highest BCUT2D eigenvalue weighted by molar-refractivity contribution is 7.47. The molecule has 0 aliphatic rings. The molecule has 3 N–H and O–H groups in total. The average Bonchev–Trinajstić information content (AvgIpc) is 3.27. The summed E-state index contributed by atoms with van der Waals surface area (Å²) in [6.07, 6.45) is 56.7. The van der Waals surface area contributed by atoms with E-state index in [2.05, 4.69) is 38.2 Å². The van der Waals surface area contributed by atoms with E-state index in [1.807, 2.05) is 0 Å². The first-order valence-electron chi connectivity index (χ1n) is 26.8. The first-order chi connectivity index (χ1) is 30.8. The van der Waals surface area contributed by atoms with Crippen LogP contribution in [0.1, 0.15) is 271 Å². The fourth-order valence-electron chi connectivity index (χ4n) is 7.83. The van der Waals surface area contributed by atoms with Crippen LogP contribution in [0.4, 0.5) is 0 Å². The normalized spacial score (nSPS) is 13.3. The molecule has 0 aliphatic heterocycles. The minimum atomic E-state index is -4.38. The summed E-state index contributed by atoms with van der Waals surface area (Å²) in [5, 5.41) is 0. The maximum absolute atomic E-state index is 12.6. The molecule has 10 heteroatoms. The van der Waals surface area contributed by atoms with Gasteiger partial charge in [0, 0.05) is 19.4 Å². The van der Waals surface area contributed by atoms with Gasteiger partial charge in [-0.2, -0.15) is 0 Å². The lowest BCUT2D eigenvalue weighted by molar-refractivity contribution is -0.161. The van der Waals surface area contributed by atoms with Crippen LogP contribution in [-0.4, -0.2) is 49.3 Å². The molecule has 0 heterocycles. The van der Waals surface area contributed by atoms with Gasteiger partial charge in [-0.1, -0.05) is 244 Å². The summed E-state index contributed by atoms with van der Waals surface area (Å²) in [5.41, 5.74) is 5.36. The number of rotatable bonds is 51. The van der Waals surface area contributed by atoms with Crippen LogP contribution in [0.3, 0.4) is 0 Å². The topological polar surface area (TPSA) is 134 Å². The van der Waals surface area contributed by atoms with E-state index >= 15 is 0 Å². The highest BCUT2D eigenvalue weighted by Gasteiger charge is 2.26. The number of carbonyl (C=O) groups is 2. The van der Waals surface area contributed by atoms with Crippen molar-refractivity contribution < 1.29 is 37.6 Å². The Bertz CT molecular complexity index is 1090. The minimum Gasteiger partial charge on any atom is -0.462 e. The van der Waals surface area contributed by atoms with Crippen LogP contribution in [0.25, 0.3) is 0 Å². The molecule has 0 bridgehead atoms. The van der Waals surface area contributed by atoms with Gasteiger partial charge < -0.3 is 20.1 Å². The molecule has 0 aromatic carbocycles. The monoisotopic (exact) mass is 912 g/mol. The largest absolute Gasteiger partial charge is 0.472 e. The number of allylic oxidation sites excluding steroid dienone is 4. The van der Waals surface area contributed by atoms with Gasteiger partial charge in [0.15, 0.2) is 6.10 Å². The first kappa shape index (κ1) is 61.5. The number of nitrogens with two attached hydrogens (primary N) is 1. The fraction of sp³-hybridized carbons (Fsp3) is 0.887. The predicted molar refractivity (Wildman–Crippen MR) is 266 cm³/mol. The Balaban J connectivity index is 3.89. The third-order valence-corrected chi connectivity index (χ3v) is 12.8. The van der Waals surface area contributed by atoms with E-state index in [0.29, 0.717) is 6.42 Å². The van der Waals surface area contributed by atoms with Crippen molar-refractivity contribution in [2.45, 2.75) is 277 Å². The molecule has 0 radical (unpaired) electrons. The zero-order chi connectivity index (χ0) is 46.0. The number of carbonyl (C=O) groups excluding carboxylic acids is 2. The molecule has 0 aromatic heterocycles. The number of hydrogen-bond donors (Lipinski definition) is 2. The molecule has 63 heavy (non-hydrogen) atoms. The molecule has 0 spiro atoms. The molecular formula is C53H102NO8P. The van der Waals surface area contributed by atoms with E-state index in [0.717, 1.165) is 64.2 Å². The number of phosphoric ester groups is 1. The Morgan fingerprint density at radius 2 is 0.841 bits per heavy atom. The molecule has 2 unspecified atom stereocenters. The van der Waals surface area contributed by atoms with Crippen LogP contribution in [0.2, 0.25) is 0 Å². The maximum Gasteiger partial charge on any atom is 0.472 e. The van der Waals surface area contributed by atoms with Crippen molar-refractivity contribution in [1.82, 2.24) is 0 Å². The van der Waals surface area contributed by atoms with E-state index in [9.17, 15) is 19.0 Å². The van der Waals surface area contributed by atoms with Crippen LogP contribution in [0.5, 0.6) is 0 Å². The van der Waals surface area contributed by atoms with Gasteiger partial charge in [0.25, 0.3) is 0 Å². The van der Waals surface area contributed by atoms with Crippen molar-refractivity contribution in [3.05, 3.63) is 24.3 Å². The zero-order valence-electron chi connectivity index (χ0n) is 41.3. The van der Waals surface area contributed by atoms with Crippen molar-refractivity contribution in [3.63, 3.8) is 0 Å². The van der Waals surface area contributed by atoms with E-state index in [4.69, 9.17) is 24.3 Å². The number of phosphoric acid groups is 1. The van der Waals surface area contributed by atoms with Gasteiger partial charge in [-0.3, -0.25) is 18.6 Å². The van der Waals surface area contributed by atoms with E-state index in [1.165, 1.54) is 173 Å². The summed E-state index contributed by atoms with van der Waals surface area (Å²) in [5.74, 6) is -0.832. The van der Waals surface area contributed by atoms with Crippen LogP contribution in [-0.2, 0) is 32.7 Å². The minimum absolute atomic E-state index is 0.0527. The van der Waals surface area contributed by atoms with E-state index in [1.54, 1.807) is 0 Å². The van der Waals surface area contributed by atoms with Crippen LogP contribution < -0.4 is 5.73 Å². The third kappa shape index (κ3) is 49.8. The third-order valence-electron chi connectivity index (χ3n) is 11.8. The molecular weight excluding hydrogens is 810 g/mol. The lowest BCUT2D eigenvalue weighted by atomic mass is 10.0. The Labute approximate surface area is 389 Å². The molecule has 9 nitrogen and oxygen atoms in total. The van der Waals surface area contributed by atoms with Crippen LogP contribution in [0.15, 0.2) is 24.3 Å². The molecule has 0 aliphatic carbocycles. The zero-order valence-corrected chi connectivity index (χ0v) is 42.2. The van der Waals surface area contributed by atoms with Gasteiger partial charge in [0.2, 0.25) is 0 Å². The fourth-order valence-corrected chi connectivity index (χ4v) is 8.60. The number of ether oxygens (including phenoxy) is 2. The molecule has 0 amide bonds. The van der Waals surface area contributed by atoms with Crippen molar-refractivity contribution in [1.29, 1.82) is 0 Å². The van der Waals surface area contributed by atoms with Gasteiger partial charge in [-0.15, -0.1) is 0 Å².